The van der Waals surface area contributed by atoms with E-state index in [2.05, 4.69) is 22.9 Å². The molecule has 0 aliphatic rings. The Morgan fingerprint density at radius 3 is 2.80 bits per heavy atom. The predicted octanol–water partition coefficient (Wildman–Crippen LogP) is 3.08. The Labute approximate surface area is 102 Å². The lowest BCUT2D eigenvalue weighted by Crippen LogP contribution is -2.04. The van der Waals surface area contributed by atoms with Crippen molar-refractivity contribution in [3.63, 3.8) is 0 Å². The molecule has 1 rings (SSSR count). The van der Waals surface area contributed by atoms with Gasteiger partial charge in [0.2, 0.25) is 0 Å². The van der Waals surface area contributed by atoms with Gasteiger partial charge < -0.3 is 5.73 Å². The standard InChI is InChI=1S/C11H16BrNOS/c1-2-3-7-15(14)8-9-10(12)5-4-6-11(9)13/h4-6H,2-3,7-8,13H2,1H3. The highest BCUT2D eigenvalue weighted by Gasteiger charge is 2.08. The third kappa shape index (κ3) is 3.95. The molecule has 0 radical (unpaired) electrons. The number of benzene rings is 1. The molecule has 0 amide bonds. The third-order valence-corrected chi connectivity index (χ3v) is 4.28. The van der Waals surface area contributed by atoms with E-state index in [0.717, 1.165) is 28.6 Å². The second-order valence-electron chi connectivity index (χ2n) is 3.45. The molecule has 1 unspecified atom stereocenters. The van der Waals surface area contributed by atoms with Gasteiger partial charge in [0.1, 0.15) is 0 Å². The second kappa shape index (κ2) is 6.28. The first-order valence-corrected chi connectivity index (χ1v) is 7.31. The summed E-state index contributed by atoms with van der Waals surface area (Å²) in [6.07, 6.45) is 2.09. The Morgan fingerprint density at radius 1 is 1.47 bits per heavy atom. The zero-order chi connectivity index (χ0) is 11.3. The van der Waals surface area contributed by atoms with Crippen molar-refractivity contribution in [1.29, 1.82) is 0 Å². The monoisotopic (exact) mass is 289 g/mol. The van der Waals surface area contributed by atoms with E-state index in [-0.39, 0.29) is 0 Å². The molecule has 4 heteroatoms. The topological polar surface area (TPSA) is 43.1 Å². The van der Waals surface area contributed by atoms with Crippen molar-refractivity contribution in [2.75, 3.05) is 11.5 Å². The van der Waals surface area contributed by atoms with Crippen LogP contribution in [0.25, 0.3) is 0 Å². The summed E-state index contributed by atoms with van der Waals surface area (Å²) < 4.78 is 12.7. The molecule has 2 N–H and O–H groups in total. The highest BCUT2D eigenvalue weighted by Crippen LogP contribution is 2.24. The van der Waals surface area contributed by atoms with Crippen molar-refractivity contribution < 1.29 is 4.21 Å². The minimum atomic E-state index is -0.801. The van der Waals surface area contributed by atoms with Gasteiger partial charge in [-0.15, -0.1) is 0 Å². The van der Waals surface area contributed by atoms with Crippen molar-refractivity contribution in [3.05, 3.63) is 28.2 Å². The van der Waals surface area contributed by atoms with E-state index < -0.39 is 10.8 Å². The largest absolute Gasteiger partial charge is 0.398 e. The van der Waals surface area contributed by atoms with E-state index in [1.165, 1.54) is 0 Å². The first-order valence-electron chi connectivity index (χ1n) is 5.03. The summed E-state index contributed by atoms with van der Waals surface area (Å²) in [5.74, 6) is 1.31. The second-order valence-corrected chi connectivity index (χ2v) is 5.88. The number of hydrogen-bond donors (Lipinski definition) is 1. The first-order chi connectivity index (χ1) is 7.15. The number of hydrogen-bond acceptors (Lipinski definition) is 2. The molecule has 1 aromatic carbocycles. The molecule has 0 fully saturated rings. The Bertz CT molecular complexity index is 334. The van der Waals surface area contributed by atoms with E-state index in [0.29, 0.717) is 11.4 Å². The number of nitrogens with two attached hydrogens (primary N) is 1. The number of rotatable bonds is 5. The fraction of sp³-hybridized carbons (Fsp3) is 0.455. The van der Waals surface area contributed by atoms with Gasteiger partial charge in [0.05, 0.1) is 5.75 Å². The summed E-state index contributed by atoms with van der Waals surface area (Å²) >= 11 is 3.43. The van der Waals surface area contributed by atoms with E-state index in [4.69, 9.17) is 5.73 Å². The molecule has 0 heterocycles. The Balaban J connectivity index is 2.68. The Hall–Kier alpha value is -0.350. The zero-order valence-corrected chi connectivity index (χ0v) is 11.2. The quantitative estimate of drug-likeness (QED) is 0.847. The summed E-state index contributed by atoms with van der Waals surface area (Å²) in [4.78, 5) is 0. The van der Waals surface area contributed by atoms with Gasteiger partial charge in [-0.25, -0.2) is 0 Å². The Morgan fingerprint density at radius 2 is 2.20 bits per heavy atom. The summed E-state index contributed by atoms with van der Waals surface area (Å²) in [6.45, 7) is 2.10. The summed E-state index contributed by atoms with van der Waals surface area (Å²) in [7, 11) is -0.801. The van der Waals surface area contributed by atoms with Crippen molar-refractivity contribution in [2.24, 2.45) is 0 Å². The number of nitrogen functional groups attached to an aromatic ring is 1. The maximum Gasteiger partial charge on any atom is 0.0517 e. The SMILES string of the molecule is CCCCS(=O)Cc1c(N)cccc1Br. The van der Waals surface area contributed by atoms with Crippen LogP contribution in [0.5, 0.6) is 0 Å². The van der Waals surface area contributed by atoms with Crippen LogP contribution in [0.3, 0.4) is 0 Å². The van der Waals surface area contributed by atoms with Crippen LogP contribution >= 0.6 is 15.9 Å². The summed E-state index contributed by atoms with van der Waals surface area (Å²) in [5.41, 5.74) is 7.52. The van der Waals surface area contributed by atoms with Crippen molar-refractivity contribution in [2.45, 2.75) is 25.5 Å². The van der Waals surface area contributed by atoms with Crippen LogP contribution in [0.15, 0.2) is 22.7 Å². The van der Waals surface area contributed by atoms with Gasteiger partial charge in [-0.1, -0.05) is 35.3 Å². The highest BCUT2D eigenvalue weighted by molar-refractivity contribution is 9.10. The van der Waals surface area contributed by atoms with Crippen LogP contribution in [0.1, 0.15) is 25.3 Å². The Kier molecular flexibility index (Phi) is 5.32. The summed E-state index contributed by atoms with van der Waals surface area (Å²) in [5, 5.41) is 0. The van der Waals surface area contributed by atoms with Crippen molar-refractivity contribution >= 4 is 32.4 Å². The number of halogens is 1. The van der Waals surface area contributed by atoms with Gasteiger partial charge in [-0.3, -0.25) is 4.21 Å². The van der Waals surface area contributed by atoms with Crippen molar-refractivity contribution in [3.8, 4) is 0 Å². The zero-order valence-electron chi connectivity index (χ0n) is 8.83. The van der Waals surface area contributed by atoms with Crippen LogP contribution in [-0.4, -0.2) is 9.96 Å². The van der Waals surface area contributed by atoms with Crippen LogP contribution in [0, 0.1) is 0 Å². The van der Waals surface area contributed by atoms with E-state index in [1.807, 2.05) is 18.2 Å². The number of unbranched alkanes of at least 4 members (excludes halogenated alkanes) is 1. The predicted molar refractivity (Wildman–Crippen MR) is 70.2 cm³/mol. The molecular formula is C11H16BrNOS. The molecule has 0 saturated carbocycles. The maximum absolute atomic E-state index is 11.7. The minimum absolute atomic E-state index is 0.549. The normalized spacial score (nSPS) is 12.7. The fourth-order valence-electron chi connectivity index (χ4n) is 1.27. The number of anilines is 1. The van der Waals surface area contributed by atoms with Crippen LogP contribution in [0.4, 0.5) is 5.69 Å². The minimum Gasteiger partial charge on any atom is -0.398 e. The van der Waals surface area contributed by atoms with Gasteiger partial charge in [-0.05, 0) is 18.6 Å². The van der Waals surface area contributed by atoms with Crippen LogP contribution < -0.4 is 5.73 Å². The molecule has 84 valence electrons. The third-order valence-electron chi connectivity index (χ3n) is 2.19. The molecule has 0 bridgehead atoms. The lowest BCUT2D eigenvalue weighted by molar-refractivity contribution is 0.679. The molecule has 2 nitrogen and oxygen atoms in total. The van der Waals surface area contributed by atoms with E-state index in [1.54, 1.807) is 0 Å². The van der Waals surface area contributed by atoms with Crippen LogP contribution in [-0.2, 0) is 16.6 Å². The van der Waals surface area contributed by atoms with Gasteiger partial charge >= 0.3 is 0 Å². The molecule has 1 aromatic rings. The van der Waals surface area contributed by atoms with Gasteiger partial charge in [0, 0.05) is 32.3 Å². The molecule has 0 aromatic heterocycles. The molecule has 0 aliphatic heterocycles. The van der Waals surface area contributed by atoms with Crippen molar-refractivity contribution in [1.82, 2.24) is 0 Å². The smallest absolute Gasteiger partial charge is 0.0517 e. The molecule has 15 heavy (non-hydrogen) atoms. The van der Waals surface area contributed by atoms with Crippen LogP contribution in [0.2, 0.25) is 0 Å². The molecule has 0 spiro atoms. The highest BCUT2D eigenvalue weighted by atomic mass is 79.9. The van der Waals surface area contributed by atoms with Gasteiger partial charge in [0.25, 0.3) is 0 Å². The average Bonchev–Trinajstić information content (AvgIpc) is 2.21. The molecule has 1 atom stereocenters. The molecular weight excluding hydrogens is 274 g/mol. The molecule has 0 aliphatic carbocycles. The fourth-order valence-corrected chi connectivity index (χ4v) is 3.37. The van der Waals surface area contributed by atoms with E-state index >= 15 is 0 Å². The van der Waals surface area contributed by atoms with Gasteiger partial charge in [0.15, 0.2) is 0 Å². The van der Waals surface area contributed by atoms with Gasteiger partial charge in [-0.2, -0.15) is 0 Å². The summed E-state index contributed by atoms with van der Waals surface area (Å²) in [6, 6.07) is 5.66. The maximum atomic E-state index is 11.7. The van der Waals surface area contributed by atoms with E-state index in [9.17, 15) is 4.21 Å². The molecule has 0 saturated heterocycles. The lowest BCUT2D eigenvalue weighted by Gasteiger charge is -2.07. The first kappa shape index (κ1) is 12.7. The lowest BCUT2D eigenvalue weighted by atomic mass is 10.2. The average molecular weight is 290 g/mol.